The number of hydrogen-bond acceptors (Lipinski definition) is 3. The maximum Gasteiger partial charge on any atom is 0.230 e. The molecule has 4 nitrogen and oxygen atoms in total. The van der Waals surface area contributed by atoms with E-state index < -0.39 is 0 Å². The average molecular weight is 341 g/mol. The lowest BCUT2D eigenvalue weighted by Crippen LogP contribution is -2.33. The number of amides is 2. The second-order valence-corrected chi connectivity index (χ2v) is 6.97. The van der Waals surface area contributed by atoms with Crippen LogP contribution in [0.15, 0.2) is 24.3 Å². The lowest BCUT2D eigenvalue weighted by Gasteiger charge is -2.14. The SMILES string of the molecule is CC(=O)N1CC[C@@H](CNC(=O)CSCc2ccc(Cl)cc2)C1. The van der Waals surface area contributed by atoms with Gasteiger partial charge in [-0.25, -0.2) is 0 Å². The van der Waals surface area contributed by atoms with Crippen LogP contribution in [0.1, 0.15) is 18.9 Å². The second kappa shape index (κ2) is 8.44. The highest BCUT2D eigenvalue weighted by Gasteiger charge is 2.24. The fourth-order valence-electron chi connectivity index (χ4n) is 2.44. The molecule has 120 valence electrons. The highest BCUT2D eigenvalue weighted by molar-refractivity contribution is 7.99. The van der Waals surface area contributed by atoms with E-state index in [1.165, 1.54) is 0 Å². The number of nitrogens with zero attached hydrogens (tertiary/aromatic N) is 1. The van der Waals surface area contributed by atoms with E-state index in [9.17, 15) is 9.59 Å². The molecule has 1 saturated heterocycles. The normalized spacial score (nSPS) is 17.5. The van der Waals surface area contributed by atoms with Gasteiger partial charge >= 0.3 is 0 Å². The van der Waals surface area contributed by atoms with Gasteiger partial charge in [0.15, 0.2) is 0 Å². The number of thioether (sulfide) groups is 1. The van der Waals surface area contributed by atoms with Crippen LogP contribution in [0.3, 0.4) is 0 Å². The highest BCUT2D eigenvalue weighted by Crippen LogP contribution is 2.16. The van der Waals surface area contributed by atoms with Crippen molar-refractivity contribution in [2.45, 2.75) is 19.1 Å². The number of rotatable bonds is 6. The minimum absolute atomic E-state index is 0.0558. The van der Waals surface area contributed by atoms with E-state index in [4.69, 9.17) is 11.6 Å². The van der Waals surface area contributed by atoms with Crippen LogP contribution in [0.5, 0.6) is 0 Å². The lowest BCUT2D eigenvalue weighted by molar-refractivity contribution is -0.127. The summed E-state index contributed by atoms with van der Waals surface area (Å²) in [6.07, 6.45) is 0.970. The van der Waals surface area contributed by atoms with Gasteiger partial charge in [0, 0.05) is 37.3 Å². The molecule has 0 aromatic heterocycles. The maximum absolute atomic E-state index is 11.8. The van der Waals surface area contributed by atoms with Gasteiger partial charge in [0.1, 0.15) is 0 Å². The molecule has 1 N–H and O–H groups in total. The molecule has 0 radical (unpaired) electrons. The Morgan fingerprint density at radius 1 is 1.36 bits per heavy atom. The molecule has 1 heterocycles. The van der Waals surface area contributed by atoms with E-state index in [1.54, 1.807) is 18.7 Å². The Balaban J connectivity index is 1.60. The number of likely N-dealkylation sites (tertiary alicyclic amines) is 1. The van der Waals surface area contributed by atoms with Crippen molar-refractivity contribution in [1.82, 2.24) is 10.2 Å². The average Bonchev–Trinajstić information content (AvgIpc) is 2.96. The fourth-order valence-corrected chi connectivity index (χ4v) is 3.38. The summed E-state index contributed by atoms with van der Waals surface area (Å²) >= 11 is 7.42. The van der Waals surface area contributed by atoms with Gasteiger partial charge < -0.3 is 10.2 Å². The zero-order chi connectivity index (χ0) is 15.9. The molecule has 0 aliphatic carbocycles. The van der Waals surface area contributed by atoms with Crippen LogP contribution in [0.25, 0.3) is 0 Å². The molecule has 1 aromatic carbocycles. The molecule has 0 bridgehead atoms. The van der Waals surface area contributed by atoms with E-state index in [2.05, 4.69) is 5.32 Å². The first-order chi connectivity index (χ1) is 10.5. The molecule has 6 heteroatoms. The Bertz CT molecular complexity index is 521. The van der Waals surface area contributed by atoms with Crippen molar-refractivity contribution in [2.75, 3.05) is 25.4 Å². The van der Waals surface area contributed by atoms with E-state index in [0.717, 1.165) is 35.8 Å². The van der Waals surface area contributed by atoms with Gasteiger partial charge in [-0.2, -0.15) is 0 Å². The molecule has 0 spiro atoms. The van der Waals surface area contributed by atoms with E-state index in [0.29, 0.717) is 18.2 Å². The van der Waals surface area contributed by atoms with Gasteiger partial charge in [-0.15, -0.1) is 11.8 Å². The summed E-state index contributed by atoms with van der Waals surface area (Å²) in [6, 6.07) is 7.67. The second-order valence-electron chi connectivity index (χ2n) is 5.54. The quantitative estimate of drug-likeness (QED) is 0.865. The van der Waals surface area contributed by atoms with Crippen molar-refractivity contribution >= 4 is 35.2 Å². The molecule has 1 aliphatic rings. The van der Waals surface area contributed by atoms with Gasteiger partial charge in [-0.05, 0) is 30.0 Å². The minimum atomic E-state index is 0.0558. The number of carbonyl (C=O) groups excluding carboxylic acids is 2. The van der Waals surface area contributed by atoms with Crippen LogP contribution in [0.4, 0.5) is 0 Å². The van der Waals surface area contributed by atoms with Crippen molar-refractivity contribution in [3.05, 3.63) is 34.9 Å². The Kier molecular flexibility index (Phi) is 6.58. The standard InChI is InChI=1S/C16H21ClN2O2S/c1-12(20)19-7-6-14(9-19)8-18-16(21)11-22-10-13-2-4-15(17)5-3-13/h2-5,14H,6-11H2,1H3,(H,18,21)/t14-/m0/s1. The predicted octanol–water partition coefficient (Wildman–Crippen LogP) is 2.56. The predicted molar refractivity (Wildman–Crippen MR) is 91.0 cm³/mol. The largest absolute Gasteiger partial charge is 0.355 e. The molecule has 1 fully saturated rings. The van der Waals surface area contributed by atoms with Gasteiger partial charge in [0.2, 0.25) is 11.8 Å². The third kappa shape index (κ3) is 5.54. The summed E-state index contributed by atoms with van der Waals surface area (Å²) in [7, 11) is 0. The van der Waals surface area contributed by atoms with Gasteiger partial charge in [0.05, 0.1) is 5.75 Å². The third-order valence-corrected chi connectivity index (χ3v) is 4.99. The number of benzene rings is 1. The van der Waals surface area contributed by atoms with Crippen LogP contribution in [0.2, 0.25) is 5.02 Å². The lowest BCUT2D eigenvalue weighted by atomic mass is 10.1. The van der Waals surface area contributed by atoms with E-state index >= 15 is 0 Å². The first-order valence-corrected chi connectivity index (χ1v) is 8.92. The Labute approximate surface area is 140 Å². The third-order valence-electron chi connectivity index (χ3n) is 3.73. The molecular weight excluding hydrogens is 320 g/mol. The van der Waals surface area contributed by atoms with Gasteiger partial charge in [-0.1, -0.05) is 23.7 Å². The molecule has 0 saturated carbocycles. The molecule has 1 aromatic rings. The van der Waals surface area contributed by atoms with E-state index in [1.807, 2.05) is 29.2 Å². The summed E-state index contributed by atoms with van der Waals surface area (Å²) < 4.78 is 0. The smallest absolute Gasteiger partial charge is 0.230 e. The van der Waals surface area contributed by atoms with Crippen LogP contribution < -0.4 is 5.32 Å². The monoisotopic (exact) mass is 340 g/mol. The van der Waals surface area contributed by atoms with Crippen LogP contribution in [-0.4, -0.2) is 42.1 Å². The van der Waals surface area contributed by atoms with Crippen LogP contribution >= 0.6 is 23.4 Å². The molecular formula is C16H21ClN2O2S. The number of hydrogen-bond donors (Lipinski definition) is 1. The van der Waals surface area contributed by atoms with Crippen molar-refractivity contribution < 1.29 is 9.59 Å². The van der Waals surface area contributed by atoms with Crippen LogP contribution in [-0.2, 0) is 15.3 Å². The topological polar surface area (TPSA) is 49.4 Å². The van der Waals surface area contributed by atoms with Crippen molar-refractivity contribution in [2.24, 2.45) is 5.92 Å². The van der Waals surface area contributed by atoms with Gasteiger partial charge in [0.25, 0.3) is 0 Å². The number of halogens is 1. The molecule has 22 heavy (non-hydrogen) atoms. The van der Waals surface area contributed by atoms with Gasteiger partial charge in [-0.3, -0.25) is 9.59 Å². The van der Waals surface area contributed by atoms with Crippen LogP contribution in [0, 0.1) is 5.92 Å². The van der Waals surface area contributed by atoms with E-state index in [-0.39, 0.29) is 11.8 Å². The number of carbonyl (C=O) groups is 2. The zero-order valence-corrected chi connectivity index (χ0v) is 14.3. The summed E-state index contributed by atoms with van der Waals surface area (Å²) in [6.45, 7) is 3.81. The zero-order valence-electron chi connectivity index (χ0n) is 12.7. The summed E-state index contributed by atoms with van der Waals surface area (Å²) in [4.78, 5) is 24.9. The highest BCUT2D eigenvalue weighted by atomic mass is 35.5. The molecule has 2 amide bonds. The first kappa shape index (κ1) is 17.2. The van der Waals surface area contributed by atoms with Crippen molar-refractivity contribution in [3.8, 4) is 0 Å². The van der Waals surface area contributed by atoms with Crippen molar-refractivity contribution in [3.63, 3.8) is 0 Å². The molecule has 1 atom stereocenters. The summed E-state index contributed by atoms with van der Waals surface area (Å²) in [5.74, 6) is 1.81. The minimum Gasteiger partial charge on any atom is -0.355 e. The maximum atomic E-state index is 11.8. The number of nitrogens with one attached hydrogen (secondary N) is 1. The Hall–Kier alpha value is -1.20. The molecule has 0 unspecified atom stereocenters. The Morgan fingerprint density at radius 3 is 2.73 bits per heavy atom. The molecule has 2 rings (SSSR count). The summed E-state index contributed by atoms with van der Waals surface area (Å²) in [5, 5.41) is 3.69. The fraction of sp³-hybridized carbons (Fsp3) is 0.500. The van der Waals surface area contributed by atoms with Crippen molar-refractivity contribution in [1.29, 1.82) is 0 Å². The summed E-state index contributed by atoms with van der Waals surface area (Å²) in [5.41, 5.74) is 1.16. The Morgan fingerprint density at radius 2 is 2.09 bits per heavy atom. The molecule has 1 aliphatic heterocycles. The first-order valence-electron chi connectivity index (χ1n) is 7.39.